The van der Waals surface area contributed by atoms with E-state index in [0.717, 1.165) is 172 Å². The predicted molar refractivity (Wildman–Crippen MR) is 214 cm³/mol. The van der Waals surface area contributed by atoms with Gasteiger partial charge in [-0.3, -0.25) is 14.7 Å². The van der Waals surface area contributed by atoms with Crippen molar-refractivity contribution in [3.05, 3.63) is 0 Å². The van der Waals surface area contributed by atoms with E-state index in [1.807, 2.05) is 0 Å². The molecule has 9 aliphatic heterocycles. The molecule has 55 heavy (non-hydrogen) atoms. The minimum absolute atomic E-state index is 0.822. The quantitative estimate of drug-likeness (QED) is 0.275. The molecule has 0 aromatic rings. The van der Waals surface area contributed by atoms with E-state index in [0.29, 0.717) is 0 Å². The zero-order valence-electron chi connectivity index (χ0n) is 34.1. The van der Waals surface area contributed by atoms with Gasteiger partial charge in [0.15, 0.2) is 0 Å². The normalized spacial score (nSPS) is 69.9. The Labute approximate surface area is 333 Å². The Hall–Kier alpha value is -0.160. The van der Waals surface area contributed by atoms with Crippen LogP contribution in [0.1, 0.15) is 109 Å². The second-order valence-corrected chi connectivity index (χ2v) is 25.9. The van der Waals surface area contributed by atoms with Gasteiger partial charge in [-0.2, -0.15) is 0 Å². The Morgan fingerprint density at radius 3 is 2.00 bits per heavy atom. The summed E-state index contributed by atoms with van der Waals surface area (Å²) in [5, 5.41) is 4.36. The van der Waals surface area contributed by atoms with E-state index < -0.39 is 0 Å². The first-order chi connectivity index (χ1) is 27.3. The SMILES string of the molecule is C1CCC2C(C1)CN1CC3CC4CCC5CCC6C7CCCC8CC9CN%10CC%11NCCC%12CC%13C%14C%15CC(C9C(C9CC(C3C%15C1C2%13)C4N5C69)C87)C%10C%14C%12%11. The minimum Gasteiger partial charge on any atom is -0.312 e. The van der Waals surface area contributed by atoms with Crippen LogP contribution in [0.15, 0.2) is 0 Å². The van der Waals surface area contributed by atoms with Gasteiger partial charge in [0.25, 0.3) is 0 Å². The van der Waals surface area contributed by atoms with Crippen LogP contribution < -0.4 is 5.32 Å². The molecule has 8 saturated carbocycles. The molecular formula is C51H74N4. The van der Waals surface area contributed by atoms with Crippen molar-refractivity contribution in [3.63, 3.8) is 0 Å². The fourth-order valence-electron chi connectivity index (χ4n) is 25.8. The molecule has 0 aromatic heterocycles. The molecule has 4 heteroatoms. The molecule has 298 valence electrons. The average Bonchev–Trinajstić information content (AvgIpc) is 3.21. The molecule has 0 amide bonds. The van der Waals surface area contributed by atoms with Crippen molar-refractivity contribution in [2.75, 3.05) is 32.7 Å². The van der Waals surface area contributed by atoms with E-state index in [1.54, 1.807) is 109 Å². The lowest BCUT2D eigenvalue weighted by Gasteiger charge is -2.79. The molecule has 4 nitrogen and oxygen atoms in total. The number of hydrogen-bond acceptors (Lipinski definition) is 4. The lowest BCUT2D eigenvalue weighted by molar-refractivity contribution is -0.306. The number of nitrogens with zero attached hydrogens (tertiary/aromatic N) is 3. The second kappa shape index (κ2) is 10.6. The van der Waals surface area contributed by atoms with Crippen molar-refractivity contribution >= 4 is 0 Å². The summed E-state index contributed by atoms with van der Waals surface area (Å²) in [5.41, 5.74) is 0. The summed E-state index contributed by atoms with van der Waals surface area (Å²) in [6, 6.07) is 5.76. The third-order valence-electron chi connectivity index (χ3n) is 25.7. The van der Waals surface area contributed by atoms with Gasteiger partial charge in [-0.1, -0.05) is 25.7 Å². The average molecular weight is 743 g/mol. The van der Waals surface area contributed by atoms with Gasteiger partial charge in [0, 0.05) is 62.4 Å². The topological polar surface area (TPSA) is 21.8 Å². The Balaban J connectivity index is 0.926. The van der Waals surface area contributed by atoms with Crippen LogP contribution in [0.5, 0.6) is 0 Å². The molecule has 12 bridgehead atoms. The summed E-state index contributed by atoms with van der Waals surface area (Å²) in [7, 11) is 0. The first-order valence-electron chi connectivity index (χ1n) is 26.3. The number of nitrogens with one attached hydrogen (secondary N) is 1. The highest BCUT2D eigenvalue weighted by Gasteiger charge is 2.76. The van der Waals surface area contributed by atoms with Crippen molar-refractivity contribution in [1.29, 1.82) is 0 Å². The van der Waals surface area contributed by atoms with Crippen LogP contribution in [0.3, 0.4) is 0 Å². The van der Waals surface area contributed by atoms with Crippen molar-refractivity contribution in [3.8, 4) is 0 Å². The van der Waals surface area contributed by atoms with E-state index in [9.17, 15) is 0 Å². The Bertz CT molecular complexity index is 1660. The molecule has 0 spiro atoms. The smallest absolute Gasteiger partial charge is 0.0229 e. The molecule has 9 saturated heterocycles. The Morgan fingerprint density at radius 1 is 0.327 bits per heavy atom. The van der Waals surface area contributed by atoms with E-state index in [4.69, 9.17) is 0 Å². The van der Waals surface area contributed by atoms with E-state index >= 15 is 0 Å². The van der Waals surface area contributed by atoms with Crippen molar-refractivity contribution in [1.82, 2.24) is 20.0 Å². The highest BCUT2D eigenvalue weighted by atomic mass is 15.3. The summed E-state index contributed by atoms with van der Waals surface area (Å²) in [6.45, 7) is 7.40. The van der Waals surface area contributed by atoms with Crippen LogP contribution in [0.2, 0.25) is 0 Å². The molecule has 17 aliphatic rings. The third kappa shape index (κ3) is 3.59. The molecule has 0 aromatic carbocycles. The van der Waals surface area contributed by atoms with Crippen LogP contribution in [-0.4, -0.2) is 83.7 Å². The maximum absolute atomic E-state index is 4.36. The largest absolute Gasteiger partial charge is 0.312 e. The van der Waals surface area contributed by atoms with Crippen molar-refractivity contribution < 1.29 is 0 Å². The third-order valence-corrected chi connectivity index (χ3v) is 25.7. The number of piperidine rings is 8. The van der Waals surface area contributed by atoms with E-state index in [2.05, 4.69) is 20.0 Å². The van der Waals surface area contributed by atoms with E-state index in [-0.39, 0.29) is 0 Å². The highest BCUT2D eigenvalue weighted by molar-refractivity contribution is 5.27. The molecule has 9 heterocycles. The fraction of sp³-hybridized carbons (Fsp3) is 1.00. The summed E-state index contributed by atoms with van der Waals surface area (Å²) in [5.74, 6) is 24.7. The van der Waals surface area contributed by atoms with E-state index in [1.165, 1.54) is 32.6 Å². The van der Waals surface area contributed by atoms with Gasteiger partial charge < -0.3 is 5.32 Å². The van der Waals surface area contributed by atoms with Gasteiger partial charge in [0.2, 0.25) is 0 Å². The van der Waals surface area contributed by atoms with Gasteiger partial charge in [-0.15, -0.1) is 0 Å². The molecule has 17 fully saturated rings. The van der Waals surface area contributed by atoms with Gasteiger partial charge in [0.05, 0.1) is 0 Å². The molecule has 17 rings (SSSR count). The first kappa shape index (κ1) is 31.7. The summed E-state index contributed by atoms with van der Waals surface area (Å²) >= 11 is 0. The second-order valence-electron chi connectivity index (χ2n) is 25.9. The maximum atomic E-state index is 4.36. The summed E-state index contributed by atoms with van der Waals surface area (Å²) in [6.07, 6.45) is 27.6. The maximum Gasteiger partial charge on any atom is 0.0229 e. The van der Waals surface area contributed by atoms with Crippen LogP contribution in [0.4, 0.5) is 0 Å². The zero-order valence-corrected chi connectivity index (χ0v) is 34.1. The van der Waals surface area contributed by atoms with Crippen LogP contribution >= 0.6 is 0 Å². The van der Waals surface area contributed by atoms with Gasteiger partial charge in [-0.25, -0.2) is 0 Å². The first-order valence-corrected chi connectivity index (χ1v) is 26.3. The van der Waals surface area contributed by atoms with Crippen molar-refractivity contribution in [2.45, 2.75) is 145 Å². The standard InChI is InChI=1S/C51H74N4/c1-2-6-30-26(4-1)19-53-20-28-15-25-8-9-29-10-11-32-31-7-3-5-23-14-27-21-54-22-38-42-24(12-13-52-38)16-33-43-34-17-36(50(54)47(42)43)40(27)45(39(23)31)37-18-35(48(25)55(29)49(32)37)41(28)46(34)51(53)44(30)33/h23-52H,1-22H2. The fourth-order valence-corrected chi connectivity index (χ4v) is 25.8. The number of fused-ring (bicyclic) bond motifs is 4. The molecule has 29 atom stereocenters. The highest BCUT2D eigenvalue weighted by Crippen LogP contribution is 2.76. The number of rotatable bonds is 0. The zero-order chi connectivity index (χ0) is 34.7. The molecule has 29 unspecified atom stereocenters. The summed E-state index contributed by atoms with van der Waals surface area (Å²) in [4.78, 5) is 10.4. The van der Waals surface area contributed by atoms with Gasteiger partial charge >= 0.3 is 0 Å². The number of hydrogen-bond donors (Lipinski definition) is 1. The predicted octanol–water partition coefficient (Wildman–Crippen LogP) is 7.73. The Morgan fingerprint density at radius 2 is 1.04 bits per heavy atom. The monoisotopic (exact) mass is 743 g/mol. The van der Waals surface area contributed by atoms with Crippen molar-refractivity contribution in [2.24, 2.45) is 136 Å². The Kier molecular flexibility index (Phi) is 6.13. The molecule has 1 N–H and O–H groups in total. The van der Waals surface area contributed by atoms with Gasteiger partial charge in [-0.05, 0) is 226 Å². The van der Waals surface area contributed by atoms with Gasteiger partial charge in [0.1, 0.15) is 0 Å². The van der Waals surface area contributed by atoms with Crippen LogP contribution in [0, 0.1) is 136 Å². The van der Waals surface area contributed by atoms with Crippen LogP contribution in [0.25, 0.3) is 0 Å². The molecule has 8 aliphatic carbocycles. The lowest BCUT2D eigenvalue weighted by Crippen LogP contribution is -2.82. The van der Waals surface area contributed by atoms with Crippen LogP contribution in [-0.2, 0) is 0 Å². The molecule has 0 radical (unpaired) electrons. The minimum atomic E-state index is 0.822. The summed E-state index contributed by atoms with van der Waals surface area (Å²) < 4.78 is 0. The molecular weight excluding hydrogens is 669 g/mol. The lowest BCUT2D eigenvalue weighted by atomic mass is 9.32.